The minimum absolute atomic E-state index is 0. The molecule has 1 aliphatic heterocycles. The number of nitrogens with zero attached hydrogens (tertiary/aromatic N) is 1. The minimum atomic E-state index is 0. The van der Waals surface area contributed by atoms with Crippen LogP contribution in [0.25, 0.3) is 0 Å². The Morgan fingerprint density at radius 3 is 2.75 bits per heavy atom. The fraction of sp³-hybridized carbons (Fsp3) is 0.708. The summed E-state index contributed by atoms with van der Waals surface area (Å²) in [5.41, 5.74) is 2.97. The van der Waals surface area contributed by atoms with Crippen LogP contribution in [0, 0.1) is 17.8 Å². The zero-order valence-electron chi connectivity index (χ0n) is 17.3. The molecule has 1 heterocycles. The number of benzene rings is 1. The number of carbonyl (C=O) groups excluding carboxylic acids is 1. The van der Waals surface area contributed by atoms with E-state index in [9.17, 15) is 4.79 Å². The van der Waals surface area contributed by atoms with Crippen LogP contribution in [-0.4, -0.2) is 36.9 Å². The molecule has 3 fully saturated rings. The molecule has 1 saturated heterocycles. The molecule has 0 spiro atoms. The van der Waals surface area contributed by atoms with Crippen LogP contribution in [0.2, 0.25) is 0 Å². The van der Waals surface area contributed by atoms with Gasteiger partial charge < -0.3 is 4.74 Å². The fourth-order valence-electron chi connectivity index (χ4n) is 6.93. The van der Waals surface area contributed by atoms with Gasteiger partial charge in [-0.1, -0.05) is 25.8 Å². The van der Waals surface area contributed by atoms with Gasteiger partial charge in [0.25, 0.3) is 0 Å². The maximum Gasteiger partial charge on any atom is 0.134 e. The lowest BCUT2D eigenvalue weighted by Crippen LogP contribution is -2.64. The molecular formula is C24H34ClNO2. The highest BCUT2D eigenvalue weighted by Crippen LogP contribution is 2.58. The predicted octanol–water partition coefficient (Wildman–Crippen LogP) is 4.79. The molecule has 1 aromatic rings. The summed E-state index contributed by atoms with van der Waals surface area (Å²) in [6.45, 7) is 4.75. The van der Waals surface area contributed by atoms with Crippen molar-refractivity contribution in [1.29, 1.82) is 0 Å². The Balaban J connectivity index is 0.00000192. The van der Waals surface area contributed by atoms with E-state index < -0.39 is 0 Å². The van der Waals surface area contributed by atoms with E-state index >= 15 is 0 Å². The van der Waals surface area contributed by atoms with E-state index in [1.165, 1.54) is 36.9 Å². The average Bonchev–Trinajstić information content (AvgIpc) is 2.64. The van der Waals surface area contributed by atoms with Gasteiger partial charge in [-0.25, -0.2) is 0 Å². The van der Waals surface area contributed by atoms with Crippen molar-refractivity contribution in [2.24, 2.45) is 17.8 Å². The molecule has 2 bridgehead atoms. The zero-order valence-corrected chi connectivity index (χ0v) is 18.1. The Kier molecular flexibility index (Phi) is 5.52. The van der Waals surface area contributed by atoms with Gasteiger partial charge in [0.1, 0.15) is 11.5 Å². The number of fused-ring (bicyclic) bond motifs is 1. The normalized spacial score (nSPS) is 34.6. The Hall–Kier alpha value is -1.06. The third kappa shape index (κ3) is 3.01. The van der Waals surface area contributed by atoms with Gasteiger partial charge in [0, 0.05) is 30.8 Å². The molecule has 28 heavy (non-hydrogen) atoms. The number of Topliss-reactive ketones (excluding diaryl/α,β-unsaturated/α-hetero) is 1. The summed E-state index contributed by atoms with van der Waals surface area (Å²) in [5.74, 6) is 3.52. The number of rotatable bonds is 4. The number of hydrogen-bond acceptors (Lipinski definition) is 3. The number of ketones is 1. The first-order valence-corrected chi connectivity index (χ1v) is 11.1. The van der Waals surface area contributed by atoms with E-state index in [1.807, 2.05) is 0 Å². The SMILES string of the molecule is CC[C@@H]1CC(=O)C[C@]23CCN(CC4CCC4)[C@H](Cc4ccc(OC)cc42)[C@H]13.Cl. The smallest absolute Gasteiger partial charge is 0.134 e. The second-order valence-corrected chi connectivity index (χ2v) is 9.61. The van der Waals surface area contributed by atoms with Gasteiger partial charge in [0.2, 0.25) is 0 Å². The first-order chi connectivity index (χ1) is 13.1. The van der Waals surface area contributed by atoms with Crippen molar-refractivity contribution in [2.75, 3.05) is 20.2 Å². The summed E-state index contributed by atoms with van der Waals surface area (Å²) in [7, 11) is 1.75. The standard InChI is InChI=1S/C24H33NO2.ClH/c1-3-17-11-19(26)14-24-9-10-25(15-16-5-4-6-16)22(23(17)24)12-18-7-8-20(27-2)13-21(18)24;/h7-8,13,16-17,22-23H,3-6,9-12,14-15H2,1-2H3;1H/t17-,22-,23+,24-;/m1./s1. The Labute approximate surface area is 175 Å². The van der Waals surface area contributed by atoms with Crippen LogP contribution in [0.3, 0.4) is 0 Å². The molecule has 0 unspecified atom stereocenters. The highest BCUT2D eigenvalue weighted by atomic mass is 35.5. The van der Waals surface area contributed by atoms with Crippen molar-refractivity contribution in [3.8, 4) is 5.75 Å². The van der Waals surface area contributed by atoms with Crippen LogP contribution >= 0.6 is 12.4 Å². The number of carbonyl (C=O) groups is 1. The molecule has 0 radical (unpaired) electrons. The largest absolute Gasteiger partial charge is 0.497 e. The molecule has 3 aliphatic carbocycles. The van der Waals surface area contributed by atoms with Crippen molar-refractivity contribution in [1.82, 2.24) is 4.90 Å². The van der Waals surface area contributed by atoms with Gasteiger partial charge in [-0.2, -0.15) is 0 Å². The molecule has 4 atom stereocenters. The minimum Gasteiger partial charge on any atom is -0.497 e. The molecule has 4 heteroatoms. The molecule has 2 saturated carbocycles. The molecule has 0 N–H and O–H groups in total. The van der Waals surface area contributed by atoms with Crippen LogP contribution in [0.4, 0.5) is 0 Å². The lowest BCUT2D eigenvalue weighted by Gasteiger charge is -2.61. The summed E-state index contributed by atoms with van der Waals surface area (Å²) < 4.78 is 5.57. The van der Waals surface area contributed by atoms with Crippen molar-refractivity contribution in [3.63, 3.8) is 0 Å². The number of hydrogen-bond donors (Lipinski definition) is 0. The molecule has 4 aliphatic rings. The third-order valence-corrected chi connectivity index (χ3v) is 8.40. The van der Waals surface area contributed by atoms with Gasteiger partial charge in [0.05, 0.1) is 7.11 Å². The van der Waals surface area contributed by atoms with Gasteiger partial charge >= 0.3 is 0 Å². The summed E-state index contributed by atoms with van der Waals surface area (Å²) in [5, 5.41) is 0. The quantitative estimate of drug-likeness (QED) is 0.723. The van der Waals surface area contributed by atoms with Gasteiger partial charge in [-0.3, -0.25) is 9.69 Å². The molecule has 5 rings (SSSR count). The summed E-state index contributed by atoms with van der Waals surface area (Å²) in [6.07, 6.45) is 9.24. The Morgan fingerprint density at radius 1 is 1.25 bits per heavy atom. The lowest BCUT2D eigenvalue weighted by molar-refractivity contribution is -0.132. The topological polar surface area (TPSA) is 29.5 Å². The van der Waals surface area contributed by atoms with Crippen molar-refractivity contribution in [2.45, 2.75) is 69.7 Å². The van der Waals surface area contributed by atoms with Crippen LogP contribution in [0.1, 0.15) is 63.0 Å². The highest BCUT2D eigenvalue weighted by Gasteiger charge is 2.58. The Bertz CT molecular complexity index is 746. The van der Waals surface area contributed by atoms with E-state index in [0.29, 0.717) is 23.7 Å². The second kappa shape index (κ2) is 7.65. The summed E-state index contributed by atoms with van der Waals surface area (Å²) >= 11 is 0. The van der Waals surface area contributed by atoms with Crippen LogP contribution in [0.15, 0.2) is 18.2 Å². The third-order valence-electron chi connectivity index (χ3n) is 8.40. The molecule has 0 aromatic heterocycles. The zero-order chi connectivity index (χ0) is 18.6. The summed E-state index contributed by atoms with van der Waals surface area (Å²) in [4.78, 5) is 15.6. The van der Waals surface area contributed by atoms with E-state index in [4.69, 9.17) is 4.74 Å². The second-order valence-electron chi connectivity index (χ2n) is 9.61. The van der Waals surface area contributed by atoms with Crippen LogP contribution < -0.4 is 4.74 Å². The van der Waals surface area contributed by atoms with Crippen molar-refractivity contribution < 1.29 is 9.53 Å². The first-order valence-electron chi connectivity index (χ1n) is 11.1. The predicted molar refractivity (Wildman–Crippen MR) is 114 cm³/mol. The maximum absolute atomic E-state index is 12.8. The number of ether oxygens (including phenoxy) is 1. The highest BCUT2D eigenvalue weighted by molar-refractivity contribution is 5.85. The summed E-state index contributed by atoms with van der Waals surface area (Å²) in [6, 6.07) is 7.29. The number of methoxy groups -OCH3 is 1. The maximum atomic E-state index is 12.8. The van der Waals surface area contributed by atoms with Crippen molar-refractivity contribution >= 4 is 18.2 Å². The first kappa shape index (κ1) is 20.2. The van der Waals surface area contributed by atoms with Crippen molar-refractivity contribution in [3.05, 3.63) is 29.3 Å². The number of likely N-dealkylation sites (tertiary alicyclic amines) is 1. The van der Waals surface area contributed by atoms with Crippen LogP contribution in [-0.2, 0) is 16.6 Å². The van der Waals surface area contributed by atoms with Crippen LogP contribution in [0.5, 0.6) is 5.75 Å². The number of halogens is 1. The lowest BCUT2D eigenvalue weighted by atomic mass is 9.49. The fourth-order valence-corrected chi connectivity index (χ4v) is 6.93. The van der Waals surface area contributed by atoms with E-state index in [1.54, 1.807) is 7.11 Å². The molecular weight excluding hydrogens is 370 g/mol. The molecule has 0 amide bonds. The molecule has 1 aromatic carbocycles. The Morgan fingerprint density at radius 2 is 2.07 bits per heavy atom. The van der Waals surface area contributed by atoms with Gasteiger partial charge in [-0.05, 0) is 73.2 Å². The van der Waals surface area contributed by atoms with E-state index in [0.717, 1.165) is 50.3 Å². The number of piperidine rings is 1. The van der Waals surface area contributed by atoms with Gasteiger partial charge in [0.15, 0.2) is 0 Å². The van der Waals surface area contributed by atoms with E-state index in [-0.39, 0.29) is 17.8 Å². The average molecular weight is 404 g/mol. The molecule has 154 valence electrons. The monoisotopic (exact) mass is 403 g/mol. The molecule has 3 nitrogen and oxygen atoms in total. The van der Waals surface area contributed by atoms with E-state index in [2.05, 4.69) is 30.0 Å². The van der Waals surface area contributed by atoms with Gasteiger partial charge in [-0.15, -0.1) is 12.4 Å².